The Morgan fingerprint density at radius 2 is 2.00 bits per heavy atom. The Morgan fingerprint density at radius 3 is 2.57 bits per heavy atom. The molecule has 152 valence electrons. The molecular weight excluding hydrogens is 381 g/mol. The first-order valence-electron chi connectivity index (χ1n) is 8.94. The average molecular weight is 407 g/mol. The van der Waals surface area contributed by atoms with Crippen molar-refractivity contribution in [2.75, 3.05) is 12.6 Å². The van der Waals surface area contributed by atoms with Crippen LogP contribution in [0.25, 0.3) is 0 Å². The van der Waals surface area contributed by atoms with Crippen molar-refractivity contribution in [2.24, 2.45) is 0 Å². The normalized spacial score (nSPS) is 13.7. The third-order valence-corrected chi connectivity index (χ3v) is 5.89. The third kappa shape index (κ3) is 5.24. The summed E-state index contributed by atoms with van der Waals surface area (Å²) in [6, 6.07) is 6.44. The monoisotopic (exact) mass is 407 g/mol. The fourth-order valence-electron chi connectivity index (χ4n) is 2.44. The Balaban J connectivity index is 2.36. The molecule has 2 rings (SSSR count). The number of phenolic OH excluding ortho intramolecular Hbond substituents is 1. The number of benzene rings is 1. The highest BCUT2D eigenvalue weighted by Gasteiger charge is 2.32. The highest BCUT2D eigenvalue weighted by atomic mass is 31.2. The first-order valence-corrected chi connectivity index (χ1v) is 10.5. The lowest BCUT2D eigenvalue weighted by atomic mass is 10.2. The Bertz CT molecular complexity index is 884. The Morgan fingerprint density at radius 1 is 1.25 bits per heavy atom. The lowest BCUT2D eigenvalue weighted by Crippen LogP contribution is -2.08. The molecule has 1 unspecified atom stereocenters. The van der Waals surface area contributed by atoms with Gasteiger partial charge in [0, 0.05) is 6.07 Å². The van der Waals surface area contributed by atoms with Gasteiger partial charge in [0.1, 0.15) is 5.75 Å². The Hall–Kier alpha value is -2.57. The summed E-state index contributed by atoms with van der Waals surface area (Å²) in [4.78, 5) is 0. The summed E-state index contributed by atoms with van der Waals surface area (Å²) in [7, 11) is -2.33. The van der Waals surface area contributed by atoms with E-state index in [9.17, 15) is 9.67 Å². The minimum atomic E-state index is -3.77. The molecule has 1 heterocycles. The minimum Gasteiger partial charge on any atom is -0.504 e. The SMILES string of the molecule is CC/C=C(\CC)P(=O)(ONc1ccc(C)nn1)Oc1cc(C)c(O)c(OC)c1. The van der Waals surface area contributed by atoms with Crippen molar-refractivity contribution in [1.29, 1.82) is 0 Å². The first kappa shape index (κ1) is 21.7. The Kier molecular flexibility index (Phi) is 7.43. The van der Waals surface area contributed by atoms with Gasteiger partial charge in [-0.3, -0.25) is 0 Å². The van der Waals surface area contributed by atoms with Crippen LogP contribution in [0, 0.1) is 13.8 Å². The largest absolute Gasteiger partial charge is 0.504 e. The van der Waals surface area contributed by atoms with Crippen LogP contribution in [0.3, 0.4) is 0 Å². The van der Waals surface area contributed by atoms with Crippen molar-refractivity contribution in [1.82, 2.24) is 10.2 Å². The van der Waals surface area contributed by atoms with Crippen LogP contribution in [0.15, 0.2) is 35.7 Å². The van der Waals surface area contributed by atoms with E-state index in [4.69, 9.17) is 13.9 Å². The van der Waals surface area contributed by atoms with Crippen molar-refractivity contribution in [3.63, 3.8) is 0 Å². The van der Waals surface area contributed by atoms with Crippen molar-refractivity contribution in [3.8, 4) is 17.2 Å². The highest BCUT2D eigenvalue weighted by Crippen LogP contribution is 2.57. The van der Waals surface area contributed by atoms with Gasteiger partial charge in [-0.1, -0.05) is 19.9 Å². The molecule has 8 nitrogen and oxygen atoms in total. The summed E-state index contributed by atoms with van der Waals surface area (Å²) in [5.41, 5.74) is 3.85. The molecular formula is C19H26N3O5P. The molecule has 0 amide bonds. The number of rotatable bonds is 9. The molecule has 9 heteroatoms. The van der Waals surface area contributed by atoms with Crippen LogP contribution in [0.4, 0.5) is 5.82 Å². The standard InChI is InChI=1S/C19H26N3O5P/c1-6-8-16(7-2)28(24,27-22-18-10-9-14(4)20-21-18)26-15-11-13(3)19(23)17(12-15)25-5/h8-12,23H,6-7H2,1-5H3,(H,21,22)/b16-8+. The predicted octanol–water partition coefficient (Wildman–Crippen LogP) is 5.13. The second kappa shape index (κ2) is 9.57. The molecule has 0 aliphatic carbocycles. The molecule has 0 aliphatic heterocycles. The van der Waals surface area contributed by atoms with E-state index in [1.807, 2.05) is 26.8 Å². The average Bonchev–Trinajstić information content (AvgIpc) is 2.68. The molecule has 1 aromatic heterocycles. The van der Waals surface area contributed by atoms with Crippen LogP contribution >= 0.6 is 7.60 Å². The maximum absolute atomic E-state index is 13.6. The zero-order valence-corrected chi connectivity index (χ0v) is 17.6. The van der Waals surface area contributed by atoms with E-state index in [2.05, 4.69) is 15.7 Å². The molecule has 2 aromatic rings. The molecule has 2 N–H and O–H groups in total. The number of hydrogen-bond acceptors (Lipinski definition) is 8. The predicted molar refractivity (Wildman–Crippen MR) is 108 cm³/mol. The number of nitrogens with one attached hydrogen (secondary N) is 1. The van der Waals surface area contributed by atoms with Crippen molar-refractivity contribution < 1.29 is 23.6 Å². The maximum Gasteiger partial charge on any atom is 0.427 e. The zero-order chi connectivity index (χ0) is 20.7. The molecule has 0 saturated carbocycles. The maximum atomic E-state index is 13.6. The third-order valence-electron chi connectivity index (χ3n) is 3.91. The zero-order valence-electron chi connectivity index (χ0n) is 16.7. The number of nitrogens with zero attached hydrogens (tertiary/aromatic N) is 2. The second-order valence-corrected chi connectivity index (χ2v) is 8.02. The van der Waals surface area contributed by atoms with Gasteiger partial charge in [0.2, 0.25) is 0 Å². The van der Waals surface area contributed by atoms with Crippen LogP contribution in [-0.4, -0.2) is 22.4 Å². The summed E-state index contributed by atoms with van der Waals surface area (Å²) in [5.74, 6) is 0.776. The molecule has 1 aromatic carbocycles. The topological polar surface area (TPSA) is 103 Å². The van der Waals surface area contributed by atoms with Crippen molar-refractivity contribution in [2.45, 2.75) is 40.5 Å². The summed E-state index contributed by atoms with van der Waals surface area (Å²) < 4.78 is 30.1. The van der Waals surface area contributed by atoms with Crippen LogP contribution in [0.2, 0.25) is 0 Å². The van der Waals surface area contributed by atoms with Crippen LogP contribution in [0.5, 0.6) is 17.2 Å². The fourth-order valence-corrected chi connectivity index (χ4v) is 4.11. The van der Waals surface area contributed by atoms with E-state index >= 15 is 0 Å². The number of aromatic hydroxyl groups is 1. The first-order chi connectivity index (χ1) is 13.3. The number of aromatic nitrogens is 2. The van der Waals surface area contributed by atoms with Gasteiger partial charge in [-0.05, 0) is 50.5 Å². The number of hydrogen-bond donors (Lipinski definition) is 2. The fraction of sp³-hybridized carbons (Fsp3) is 0.368. The van der Waals surface area contributed by atoms with Crippen LogP contribution in [0.1, 0.15) is 37.9 Å². The van der Waals surface area contributed by atoms with Gasteiger partial charge < -0.3 is 14.4 Å². The molecule has 28 heavy (non-hydrogen) atoms. The smallest absolute Gasteiger partial charge is 0.427 e. The molecule has 0 fully saturated rings. The number of anilines is 1. The van der Waals surface area contributed by atoms with E-state index in [0.29, 0.717) is 29.5 Å². The summed E-state index contributed by atoms with van der Waals surface area (Å²) in [6.07, 6.45) is 2.95. The number of aryl methyl sites for hydroxylation is 2. The van der Waals surface area contributed by atoms with Gasteiger partial charge in [0.15, 0.2) is 17.3 Å². The van der Waals surface area contributed by atoms with Gasteiger partial charge in [0.25, 0.3) is 0 Å². The highest BCUT2D eigenvalue weighted by molar-refractivity contribution is 7.58. The molecule has 0 radical (unpaired) electrons. The number of ether oxygens (including phenoxy) is 1. The van der Waals surface area contributed by atoms with E-state index in [0.717, 1.165) is 5.69 Å². The van der Waals surface area contributed by atoms with Crippen molar-refractivity contribution in [3.05, 3.63) is 46.9 Å². The minimum absolute atomic E-state index is 0.00142. The summed E-state index contributed by atoms with van der Waals surface area (Å²) >= 11 is 0. The molecule has 0 aliphatic rings. The van der Waals surface area contributed by atoms with Gasteiger partial charge in [0.05, 0.1) is 18.1 Å². The second-order valence-electron chi connectivity index (χ2n) is 6.09. The lowest BCUT2D eigenvalue weighted by Gasteiger charge is -2.22. The number of allylic oxidation sites excluding steroid dienone is 2. The van der Waals surface area contributed by atoms with E-state index in [1.165, 1.54) is 13.2 Å². The van der Waals surface area contributed by atoms with Gasteiger partial charge >= 0.3 is 7.60 Å². The molecule has 0 saturated heterocycles. The van der Waals surface area contributed by atoms with Crippen molar-refractivity contribution >= 4 is 13.4 Å². The molecule has 0 bridgehead atoms. The van der Waals surface area contributed by atoms with Crippen LogP contribution in [-0.2, 0) is 9.19 Å². The van der Waals surface area contributed by atoms with E-state index < -0.39 is 7.60 Å². The number of methoxy groups -OCH3 is 1. The van der Waals surface area contributed by atoms with Gasteiger partial charge in [-0.2, -0.15) is 9.72 Å². The van der Waals surface area contributed by atoms with E-state index in [-0.39, 0.29) is 17.2 Å². The van der Waals surface area contributed by atoms with Gasteiger partial charge in [-0.15, -0.1) is 5.10 Å². The van der Waals surface area contributed by atoms with E-state index in [1.54, 1.807) is 25.1 Å². The number of phenols is 1. The molecule has 1 atom stereocenters. The van der Waals surface area contributed by atoms with Crippen LogP contribution < -0.4 is 14.7 Å². The van der Waals surface area contributed by atoms with Gasteiger partial charge in [-0.25, -0.2) is 10.0 Å². The summed E-state index contributed by atoms with van der Waals surface area (Å²) in [5, 5.41) is 18.4. The Labute approximate surface area is 165 Å². The lowest BCUT2D eigenvalue weighted by molar-refractivity contribution is 0.320. The quantitative estimate of drug-likeness (QED) is 0.436. The summed E-state index contributed by atoms with van der Waals surface area (Å²) in [6.45, 7) is 7.31. The molecule has 0 spiro atoms.